The minimum absolute atomic E-state index is 0.0360. The van der Waals surface area contributed by atoms with Crippen LogP contribution in [0.15, 0.2) is 12.3 Å². The minimum atomic E-state index is -0.528. The Morgan fingerprint density at radius 2 is 2.29 bits per heavy atom. The van der Waals surface area contributed by atoms with Gasteiger partial charge in [0.25, 0.3) is 0 Å². The van der Waals surface area contributed by atoms with E-state index in [9.17, 15) is 9.90 Å². The number of pyridine rings is 1. The number of aromatic nitrogens is 1. The fraction of sp³-hybridized carbons (Fsp3) is 0.333. The summed E-state index contributed by atoms with van der Waals surface area (Å²) in [4.78, 5) is 14.9. The smallest absolute Gasteiger partial charge is 0.340 e. The molecule has 0 aliphatic heterocycles. The van der Waals surface area contributed by atoms with Gasteiger partial charge in [0.1, 0.15) is 0 Å². The van der Waals surface area contributed by atoms with E-state index >= 15 is 0 Å². The molecule has 5 heteroatoms. The van der Waals surface area contributed by atoms with Crippen LogP contribution in [0.3, 0.4) is 0 Å². The number of rotatable bonds is 2. The van der Waals surface area contributed by atoms with Crippen molar-refractivity contribution in [1.29, 1.82) is 0 Å². The van der Waals surface area contributed by atoms with E-state index in [1.807, 2.05) is 0 Å². The Morgan fingerprint density at radius 1 is 1.64 bits per heavy atom. The molecule has 0 saturated heterocycles. The molecule has 1 rings (SSSR count). The van der Waals surface area contributed by atoms with Crippen molar-refractivity contribution in [3.8, 4) is 5.75 Å². The Hall–Kier alpha value is -1.29. The van der Waals surface area contributed by atoms with Crippen LogP contribution in [0.1, 0.15) is 24.2 Å². The van der Waals surface area contributed by atoms with Crippen molar-refractivity contribution in [3.05, 3.63) is 23.0 Å². The fourth-order valence-electron chi connectivity index (χ4n) is 0.830. The van der Waals surface area contributed by atoms with Gasteiger partial charge in [0, 0.05) is 6.20 Å². The topological polar surface area (TPSA) is 59.4 Å². The Balaban J connectivity index is 2.86. The maximum Gasteiger partial charge on any atom is 0.340 e. The summed E-state index contributed by atoms with van der Waals surface area (Å²) in [5, 5.41) is 9.14. The Morgan fingerprint density at radius 3 is 2.79 bits per heavy atom. The number of halogens is 1. The molecule has 0 aromatic carbocycles. The molecule has 0 fully saturated rings. The molecule has 0 spiro atoms. The third-order valence-corrected chi connectivity index (χ3v) is 1.69. The van der Waals surface area contributed by atoms with E-state index < -0.39 is 5.97 Å². The molecule has 0 atom stereocenters. The van der Waals surface area contributed by atoms with Crippen LogP contribution >= 0.6 is 11.6 Å². The maximum atomic E-state index is 11.3. The van der Waals surface area contributed by atoms with Crippen molar-refractivity contribution in [2.24, 2.45) is 0 Å². The van der Waals surface area contributed by atoms with Gasteiger partial charge in [0.15, 0.2) is 10.9 Å². The van der Waals surface area contributed by atoms with Crippen molar-refractivity contribution in [2.45, 2.75) is 20.0 Å². The zero-order valence-corrected chi connectivity index (χ0v) is 8.58. The predicted octanol–water partition coefficient (Wildman–Crippen LogP) is 2.01. The first-order chi connectivity index (χ1) is 6.50. The first-order valence-electron chi connectivity index (χ1n) is 4.06. The summed E-state index contributed by atoms with van der Waals surface area (Å²) in [5.74, 6) is -0.760. The van der Waals surface area contributed by atoms with Crippen molar-refractivity contribution < 1.29 is 14.6 Å². The van der Waals surface area contributed by atoms with Gasteiger partial charge in [-0.1, -0.05) is 11.6 Å². The molecule has 1 aromatic heterocycles. The number of ether oxygens (including phenoxy) is 1. The second-order valence-corrected chi connectivity index (χ2v) is 3.35. The molecule has 0 aliphatic carbocycles. The van der Waals surface area contributed by atoms with E-state index in [0.29, 0.717) is 0 Å². The number of nitrogens with zero attached hydrogens (tertiary/aromatic N) is 1. The quantitative estimate of drug-likeness (QED) is 0.606. The molecular weight excluding hydrogens is 206 g/mol. The van der Waals surface area contributed by atoms with Gasteiger partial charge in [-0.15, -0.1) is 0 Å². The highest BCUT2D eigenvalue weighted by molar-refractivity contribution is 6.30. The van der Waals surface area contributed by atoms with Crippen molar-refractivity contribution >= 4 is 17.6 Å². The summed E-state index contributed by atoms with van der Waals surface area (Å²) in [7, 11) is 0. The molecule has 0 saturated carbocycles. The standard InChI is InChI=1S/C9H10ClNO3/c1-5(2)14-9(13)6-3-7(12)8(10)11-4-6/h3-5,12H,1-2H3. The van der Waals surface area contributed by atoms with Gasteiger partial charge < -0.3 is 9.84 Å². The Kier molecular flexibility index (Phi) is 3.30. The minimum Gasteiger partial charge on any atom is -0.505 e. The number of hydrogen-bond donors (Lipinski definition) is 1. The lowest BCUT2D eigenvalue weighted by molar-refractivity contribution is 0.0377. The zero-order chi connectivity index (χ0) is 10.7. The Labute approximate surface area is 86.5 Å². The van der Waals surface area contributed by atoms with E-state index in [-0.39, 0.29) is 22.6 Å². The van der Waals surface area contributed by atoms with Crippen LogP contribution in [0.4, 0.5) is 0 Å². The summed E-state index contributed by atoms with van der Waals surface area (Å²) in [6.07, 6.45) is 1.05. The summed E-state index contributed by atoms with van der Waals surface area (Å²) < 4.78 is 4.90. The molecule has 0 aliphatic rings. The molecular formula is C9H10ClNO3. The molecule has 4 nitrogen and oxygen atoms in total. The number of carbonyl (C=O) groups excluding carboxylic acids is 1. The van der Waals surface area contributed by atoms with E-state index in [1.165, 1.54) is 12.3 Å². The lowest BCUT2D eigenvalue weighted by Gasteiger charge is -2.07. The van der Waals surface area contributed by atoms with Gasteiger partial charge in [0.2, 0.25) is 0 Å². The molecule has 0 radical (unpaired) electrons. The SMILES string of the molecule is CC(C)OC(=O)c1cnc(Cl)c(O)c1. The molecule has 0 bridgehead atoms. The van der Waals surface area contributed by atoms with Gasteiger partial charge in [-0.2, -0.15) is 0 Å². The van der Waals surface area contributed by atoms with Crippen LogP contribution in [0.25, 0.3) is 0 Å². The Bertz CT molecular complexity index is 352. The van der Waals surface area contributed by atoms with Crippen molar-refractivity contribution in [2.75, 3.05) is 0 Å². The van der Waals surface area contributed by atoms with Gasteiger partial charge in [0.05, 0.1) is 11.7 Å². The summed E-state index contributed by atoms with van der Waals surface area (Å²) >= 11 is 5.48. The number of carbonyl (C=O) groups is 1. The zero-order valence-electron chi connectivity index (χ0n) is 7.82. The largest absolute Gasteiger partial charge is 0.505 e. The molecule has 14 heavy (non-hydrogen) atoms. The maximum absolute atomic E-state index is 11.3. The number of esters is 1. The van der Waals surface area contributed by atoms with E-state index in [2.05, 4.69) is 4.98 Å². The highest BCUT2D eigenvalue weighted by atomic mass is 35.5. The van der Waals surface area contributed by atoms with Crippen LogP contribution in [0.2, 0.25) is 5.15 Å². The van der Waals surface area contributed by atoms with Crippen LogP contribution in [0, 0.1) is 0 Å². The number of hydrogen-bond acceptors (Lipinski definition) is 4. The second-order valence-electron chi connectivity index (χ2n) is 2.99. The van der Waals surface area contributed by atoms with Crippen molar-refractivity contribution in [3.63, 3.8) is 0 Å². The predicted molar refractivity (Wildman–Crippen MR) is 51.5 cm³/mol. The highest BCUT2D eigenvalue weighted by Crippen LogP contribution is 2.21. The lowest BCUT2D eigenvalue weighted by atomic mass is 10.3. The van der Waals surface area contributed by atoms with Gasteiger partial charge in [-0.25, -0.2) is 9.78 Å². The van der Waals surface area contributed by atoms with Crippen LogP contribution in [-0.2, 0) is 4.74 Å². The monoisotopic (exact) mass is 215 g/mol. The second kappa shape index (κ2) is 4.28. The van der Waals surface area contributed by atoms with Crippen LogP contribution in [-0.4, -0.2) is 22.2 Å². The van der Waals surface area contributed by atoms with Crippen molar-refractivity contribution in [1.82, 2.24) is 4.98 Å². The third-order valence-electron chi connectivity index (χ3n) is 1.40. The number of aromatic hydroxyl groups is 1. The van der Waals surface area contributed by atoms with E-state index in [4.69, 9.17) is 16.3 Å². The van der Waals surface area contributed by atoms with Gasteiger partial charge in [-0.3, -0.25) is 0 Å². The molecule has 1 heterocycles. The molecule has 0 unspecified atom stereocenters. The third kappa shape index (κ3) is 2.60. The molecule has 1 N–H and O–H groups in total. The van der Waals surface area contributed by atoms with Crippen LogP contribution in [0.5, 0.6) is 5.75 Å². The fourth-order valence-corrected chi connectivity index (χ4v) is 0.934. The first-order valence-corrected chi connectivity index (χ1v) is 4.44. The van der Waals surface area contributed by atoms with E-state index in [1.54, 1.807) is 13.8 Å². The van der Waals surface area contributed by atoms with E-state index in [0.717, 1.165) is 0 Å². The van der Waals surface area contributed by atoms with Gasteiger partial charge >= 0.3 is 5.97 Å². The average molecular weight is 216 g/mol. The highest BCUT2D eigenvalue weighted by Gasteiger charge is 2.11. The summed E-state index contributed by atoms with van der Waals surface area (Å²) in [6.45, 7) is 3.47. The summed E-state index contributed by atoms with van der Waals surface area (Å²) in [6, 6.07) is 1.22. The lowest BCUT2D eigenvalue weighted by Crippen LogP contribution is -2.11. The summed E-state index contributed by atoms with van der Waals surface area (Å²) in [5.41, 5.74) is 0.181. The average Bonchev–Trinajstić information content (AvgIpc) is 2.08. The normalized spacial score (nSPS) is 10.3. The van der Waals surface area contributed by atoms with Gasteiger partial charge in [-0.05, 0) is 19.9 Å². The molecule has 76 valence electrons. The van der Waals surface area contributed by atoms with Crippen LogP contribution < -0.4 is 0 Å². The molecule has 1 aromatic rings. The molecule has 0 amide bonds. The first kappa shape index (κ1) is 10.8.